The Kier molecular flexibility index (Phi) is 5.52. The van der Waals surface area contributed by atoms with Crippen LogP contribution in [0.25, 0.3) is 0 Å². The summed E-state index contributed by atoms with van der Waals surface area (Å²) < 4.78 is 16.5. The Morgan fingerprint density at radius 1 is 1.26 bits per heavy atom. The lowest BCUT2D eigenvalue weighted by Gasteiger charge is -2.25. The second kappa shape index (κ2) is 7.21. The molecule has 5 heteroatoms. The Balaban J connectivity index is 2.22. The Morgan fingerprint density at radius 2 is 2.00 bits per heavy atom. The lowest BCUT2D eigenvalue weighted by atomic mass is 9.88. The molecule has 0 unspecified atom stereocenters. The number of nitrogens with one attached hydrogen (secondary N) is 1. The highest BCUT2D eigenvalue weighted by Gasteiger charge is 2.37. The van der Waals surface area contributed by atoms with E-state index in [2.05, 4.69) is 5.32 Å². The van der Waals surface area contributed by atoms with Crippen molar-refractivity contribution < 1.29 is 19.0 Å². The maximum absolute atomic E-state index is 12.5. The van der Waals surface area contributed by atoms with Gasteiger partial charge in [-0.3, -0.25) is 4.79 Å². The third kappa shape index (κ3) is 4.38. The van der Waals surface area contributed by atoms with Crippen LogP contribution in [0.1, 0.15) is 39.2 Å². The monoisotopic (exact) mass is 321 g/mol. The summed E-state index contributed by atoms with van der Waals surface area (Å²) in [7, 11) is 1.62. The van der Waals surface area contributed by atoms with E-state index >= 15 is 0 Å². The number of esters is 1. The zero-order valence-corrected chi connectivity index (χ0v) is 14.6. The maximum atomic E-state index is 12.5. The second-order valence-corrected chi connectivity index (χ2v) is 6.75. The Labute approximate surface area is 138 Å². The Hall–Kier alpha value is -1.75. The number of methoxy groups -OCH3 is 1. The lowest BCUT2D eigenvalue weighted by molar-refractivity contribution is -0.159. The fourth-order valence-corrected chi connectivity index (χ4v) is 2.85. The molecule has 1 aromatic rings. The highest BCUT2D eigenvalue weighted by Crippen LogP contribution is 2.36. The van der Waals surface area contributed by atoms with E-state index in [0.717, 1.165) is 12.1 Å². The number of ether oxygens (including phenoxy) is 3. The quantitative estimate of drug-likeness (QED) is 0.845. The van der Waals surface area contributed by atoms with Gasteiger partial charge in [-0.1, -0.05) is 6.07 Å². The Bertz CT molecular complexity index is 550. The fraction of sp³-hybridized carbons (Fsp3) is 0.611. The van der Waals surface area contributed by atoms with E-state index in [1.165, 1.54) is 0 Å². The molecule has 1 N–H and O–H groups in total. The molecule has 0 radical (unpaired) electrons. The molecule has 0 aliphatic carbocycles. The van der Waals surface area contributed by atoms with Gasteiger partial charge in [0.2, 0.25) is 0 Å². The van der Waals surface area contributed by atoms with Gasteiger partial charge in [0.1, 0.15) is 5.60 Å². The van der Waals surface area contributed by atoms with Gasteiger partial charge < -0.3 is 19.5 Å². The first-order chi connectivity index (χ1) is 10.9. The summed E-state index contributed by atoms with van der Waals surface area (Å²) in [5, 5.41) is 3.29. The van der Waals surface area contributed by atoms with E-state index < -0.39 is 5.60 Å². The predicted octanol–water partition coefficient (Wildman–Crippen LogP) is 2.74. The highest BCUT2D eigenvalue weighted by atomic mass is 16.6. The van der Waals surface area contributed by atoms with Crippen molar-refractivity contribution in [3.63, 3.8) is 0 Å². The molecule has 2 atom stereocenters. The third-order valence-electron chi connectivity index (χ3n) is 3.84. The summed E-state index contributed by atoms with van der Waals surface area (Å²) in [6.45, 7) is 9.57. The molecule has 0 amide bonds. The molecule has 1 aliphatic heterocycles. The summed E-state index contributed by atoms with van der Waals surface area (Å²) in [5.41, 5.74) is 0.593. The number of carbonyl (C=O) groups is 1. The van der Waals surface area contributed by atoms with E-state index in [9.17, 15) is 4.79 Å². The molecular weight excluding hydrogens is 294 g/mol. The van der Waals surface area contributed by atoms with Gasteiger partial charge in [0.25, 0.3) is 0 Å². The van der Waals surface area contributed by atoms with Crippen LogP contribution in [-0.4, -0.2) is 38.4 Å². The van der Waals surface area contributed by atoms with Crippen molar-refractivity contribution in [3.05, 3.63) is 23.8 Å². The summed E-state index contributed by atoms with van der Waals surface area (Å²) in [6.07, 6.45) is 0. The van der Waals surface area contributed by atoms with Crippen LogP contribution in [0, 0.1) is 5.92 Å². The number of carbonyl (C=O) groups excluding carboxylic acids is 1. The minimum atomic E-state index is -0.472. The first-order valence-corrected chi connectivity index (χ1v) is 8.10. The van der Waals surface area contributed by atoms with E-state index in [1.807, 2.05) is 45.9 Å². The van der Waals surface area contributed by atoms with Crippen molar-refractivity contribution in [2.45, 2.75) is 39.2 Å². The van der Waals surface area contributed by atoms with Crippen molar-refractivity contribution >= 4 is 5.97 Å². The molecule has 128 valence electrons. The molecule has 0 aromatic heterocycles. The van der Waals surface area contributed by atoms with Crippen LogP contribution < -0.4 is 14.8 Å². The molecule has 1 fully saturated rings. The van der Waals surface area contributed by atoms with Gasteiger partial charge in [-0.2, -0.15) is 0 Å². The highest BCUT2D eigenvalue weighted by molar-refractivity contribution is 5.75. The number of rotatable bonds is 5. The number of hydrogen-bond acceptors (Lipinski definition) is 5. The minimum absolute atomic E-state index is 0.0787. The number of benzene rings is 1. The van der Waals surface area contributed by atoms with E-state index in [1.54, 1.807) is 7.11 Å². The van der Waals surface area contributed by atoms with E-state index in [0.29, 0.717) is 24.7 Å². The molecule has 0 saturated carbocycles. The smallest absolute Gasteiger partial charge is 0.311 e. The largest absolute Gasteiger partial charge is 0.493 e. The third-order valence-corrected chi connectivity index (χ3v) is 3.84. The lowest BCUT2D eigenvalue weighted by Crippen LogP contribution is -2.31. The van der Waals surface area contributed by atoms with Gasteiger partial charge in [0.15, 0.2) is 11.5 Å². The van der Waals surface area contributed by atoms with Crippen molar-refractivity contribution in [3.8, 4) is 11.5 Å². The zero-order chi connectivity index (χ0) is 17.0. The molecule has 1 heterocycles. The van der Waals surface area contributed by atoms with Gasteiger partial charge >= 0.3 is 5.97 Å². The van der Waals surface area contributed by atoms with Crippen LogP contribution in [0.5, 0.6) is 11.5 Å². The van der Waals surface area contributed by atoms with Crippen LogP contribution in [0.15, 0.2) is 18.2 Å². The predicted molar refractivity (Wildman–Crippen MR) is 89.1 cm³/mol. The van der Waals surface area contributed by atoms with Crippen molar-refractivity contribution in [1.29, 1.82) is 0 Å². The molecule has 0 spiro atoms. The molecule has 0 bridgehead atoms. The van der Waals surface area contributed by atoms with Gasteiger partial charge in [0.05, 0.1) is 19.6 Å². The van der Waals surface area contributed by atoms with Crippen molar-refractivity contribution in [2.24, 2.45) is 5.92 Å². The van der Waals surface area contributed by atoms with E-state index in [-0.39, 0.29) is 17.8 Å². The molecule has 23 heavy (non-hydrogen) atoms. The summed E-state index contributed by atoms with van der Waals surface area (Å²) >= 11 is 0. The van der Waals surface area contributed by atoms with Crippen LogP contribution in [0.3, 0.4) is 0 Å². The van der Waals surface area contributed by atoms with Gasteiger partial charge in [-0.25, -0.2) is 0 Å². The Morgan fingerprint density at radius 3 is 2.61 bits per heavy atom. The average Bonchev–Trinajstić information content (AvgIpc) is 2.95. The van der Waals surface area contributed by atoms with Crippen molar-refractivity contribution in [1.82, 2.24) is 5.32 Å². The fourth-order valence-electron chi connectivity index (χ4n) is 2.85. The molecule has 1 saturated heterocycles. The molecule has 5 nitrogen and oxygen atoms in total. The van der Waals surface area contributed by atoms with Crippen LogP contribution in [-0.2, 0) is 9.53 Å². The normalized spacial score (nSPS) is 21.1. The standard InChI is InChI=1S/C18H27NO4/c1-6-22-16-9-12(7-8-15(16)21-5)13-10-19-11-14(13)17(20)23-18(2,3)4/h7-9,13-14,19H,6,10-11H2,1-5H3/t13-,14+/m0/s1. The minimum Gasteiger partial charge on any atom is -0.493 e. The van der Waals surface area contributed by atoms with Crippen LogP contribution >= 0.6 is 0 Å². The second-order valence-electron chi connectivity index (χ2n) is 6.75. The molecule has 2 rings (SSSR count). The maximum Gasteiger partial charge on any atom is 0.311 e. The summed E-state index contributed by atoms with van der Waals surface area (Å²) in [6, 6.07) is 5.86. The summed E-state index contributed by atoms with van der Waals surface area (Å²) in [4.78, 5) is 12.5. The molecule has 1 aliphatic rings. The topological polar surface area (TPSA) is 56.8 Å². The van der Waals surface area contributed by atoms with Gasteiger partial charge in [-0.15, -0.1) is 0 Å². The van der Waals surface area contributed by atoms with Crippen LogP contribution in [0.4, 0.5) is 0 Å². The zero-order valence-electron chi connectivity index (χ0n) is 14.6. The van der Waals surface area contributed by atoms with E-state index in [4.69, 9.17) is 14.2 Å². The average molecular weight is 321 g/mol. The van der Waals surface area contributed by atoms with Crippen molar-refractivity contribution in [2.75, 3.05) is 26.8 Å². The SMILES string of the molecule is CCOc1cc([C@@H]2CNC[C@H]2C(=O)OC(C)(C)C)ccc1OC. The summed E-state index contributed by atoms with van der Waals surface area (Å²) in [5.74, 6) is 1.16. The van der Waals surface area contributed by atoms with Crippen LogP contribution in [0.2, 0.25) is 0 Å². The van der Waals surface area contributed by atoms with Gasteiger partial charge in [-0.05, 0) is 45.4 Å². The molecule has 1 aromatic carbocycles. The van der Waals surface area contributed by atoms with Gasteiger partial charge in [0, 0.05) is 19.0 Å². The first kappa shape index (κ1) is 17.6. The number of hydrogen-bond donors (Lipinski definition) is 1. The molecular formula is C18H27NO4. The first-order valence-electron chi connectivity index (χ1n) is 8.10.